The summed E-state index contributed by atoms with van der Waals surface area (Å²) < 4.78 is 31.7. The predicted octanol–water partition coefficient (Wildman–Crippen LogP) is -0.282. The number of alkyl halides is 3. The number of halogens is 3. The molecule has 0 saturated heterocycles. The number of quaternary nitrogens is 1. The number of carbonyl (C=O) groups is 1. The van der Waals surface area contributed by atoms with Crippen LogP contribution in [0.15, 0.2) is 28.3 Å². The summed E-state index contributed by atoms with van der Waals surface area (Å²) in [5, 5.41) is 20.1. The fraction of sp³-hybridized carbons (Fsp3) is 0.0833. The highest BCUT2D eigenvalue weighted by Crippen LogP contribution is 2.14. The molecule has 0 bridgehead atoms. The summed E-state index contributed by atoms with van der Waals surface area (Å²) in [6.07, 6.45) is 1.42. The normalized spacial score (nSPS) is 17.8. The molecule has 2 heterocycles. The molecule has 2 N–H and O–H groups in total. The maximum atomic E-state index is 11.1. The molecule has 6 nitrogen and oxygen atoms in total. The Bertz CT molecular complexity index is 753. The topological polar surface area (TPSA) is 89.5 Å². The van der Waals surface area contributed by atoms with Gasteiger partial charge in [0.1, 0.15) is 12.5 Å². The summed E-state index contributed by atoms with van der Waals surface area (Å²) in [7, 11) is 0. The number of aliphatic carboxylic acids is 1. The van der Waals surface area contributed by atoms with Gasteiger partial charge in [0.15, 0.2) is 0 Å². The first kappa shape index (κ1) is 14.9. The van der Waals surface area contributed by atoms with E-state index in [1.807, 2.05) is 12.1 Å². The molecule has 0 saturated carbocycles. The molecule has 9 heteroatoms. The molecule has 110 valence electrons. The summed E-state index contributed by atoms with van der Waals surface area (Å²) in [6.45, 7) is 0. The lowest BCUT2D eigenvalue weighted by Gasteiger charge is -2.15. The minimum Gasteiger partial charge on any atom is -0.624 e. The van der Waals surface area contributed by atoms with E-state index in [1.165, 1.54) is 6.34 Å². The van der Waals surface area contributed by atoms with Crippen molar-refractivity contribution in [2.24, 2.45) is 9.98 Å². The highest BCUT2D eigenvalue weighted by atomic mass is 19.4. The Labute approximate surface area is 115 Å². The van der Waals surface area contributed by atoms with Gasteiger partial charge >= 0.3 is 12.1 Å². The minimum absolute atomic E-state index is 0.0244. The number of aliphatic imine (C=N–C) groups is 1. The van der Waals surface area contributed by atoms with Crippen LogP contribution in [0.4, 0.5) is 18.9 Å². The van der Waals surface area contributed by atoms with Crippen LogP contribution in [0, 0.1) is 5.21 Å². The van der Waals surface area contributed by atoms with E-state index < -0.39 is 12.1 Å². The number of benzene rings is 1. The van der Waals surface area contributed by atoms with Gasteiger partial charge in [-0.2, -0.15) is 13.2 Å². The van der Waals surface area contributed by atoms with Gasteiger partial charge < -0.3 is 15.4 Å². The number of carboxylic acid groups (broad SMARTS) is 1. The maximum Gasteiger partial charge on any atom is 0.490 e. The van der Waals surface area contributed by atoms with Gasteiger partial charge in [0.25, 0.3) is 0 Å². The molecule has 1 aromatic carbocycles. The van der Waals surface area contributed by atoms with Crippen molar-refractivity contribution in [1.82, 2.24) is 0 Å². The molecule has 3 rings (SSSR count). The van der Waals surface area contributed by atoms with Crippen LogP contribution in [-0.4, -0.2) is 23.6 Å². The molecular formula is C12H8F3N3O3. The van der Waals surface area contributed by atoms with Crippen LogP contribution in [0.2, 0.25) is 0 Å². The van der Waals surface area contributed by atoms with Crippen molar-refractivity contribution in [3.8, 4) is 0 Å². The Morgan fingerprint density at radius 1 is 1.33 bits per heavy atom. The summed E-state index contributed by atoms with van der Waals surface area (Å²) in [6, 6.07) is 3.78. The third-order valence-electron chi connectivity index (χ3n) is 2.57. The van der Waals surface area contributed by atoms with Crippen molar-refractivity contribution in [3.05, 3.63) is 39.7 Å². The first-order chi connectivity index (χ1) is 9.79. The molecule has 0 spiro atoms. The molecule has 21 heavy (non-hydrogen) atoms. The number of carboxylic acids is 1. The van der Waals surface area contributed by atoms with E-state index in [4.69, 9.17) is 9.90 Å². The highest BCUT2D eigenvalue weighted by Gasteiger charge is 2.38. The predicted molar refractivity (Wildman–Crippen MR) is 66.9 cm³/mol. The number of nitrogens with one attached hydrogen (secondary N) is 1. The van der Waals surface area contributed by atoms with E-state index in [0.717, 1.165) is 21.8 Å². The van der Waals surface area contributed by atoms with E-state index in [-0.39, 0.29) is 5.06 Å². The van der Waals surface area contributed by atoms with Gasteiger partial charge in [-0.25, -0.2) is 14.8 Å². The number of hydrogen-bond acceptors (Lipinski definition) is 4. The summed E-state index contributed by atoms with van der Waals surface area (Å²) >= 11 is 0. The van der Waals surface area contributed by atoms with Crippen molar-refractivity contribution in [2.45, 2.75) is 6.18 Å². The van der Waals surface area contributed by atoms with Crippen molar-refractivity contribution in [3.63, 3.8) is 0 Å². The number of fused-ring (bicyclic) bond motifs is 3. The van der Waals surface area contributed by atoms with Gasteiger partial charge in [-0.05, 0) is 12.1 Å². The standard InChI is InChI=1S/C10H7N3O.C2HF3O2/c14-13-4-3-8-7(5-13)1-2-9-10(8)12-6-11-9;3-2(4,5)1(6)7/h1-6,13H;(H,6,7). The smallest absolute Gasteiger partial charge is 0.490 e. The Kier molecular flexibility index (Phi) is 3.87. The Balaban J connectivity index is 0.000000199. The molecule has 1 atom stereocenters. The molecule has 2 aliphatic rings. The molecular weight excluding hydrogens is 291 g/mol. The Morgan fingerprint density at radius 2 is 2.00 bits per heavy atom. The molecule has 2 aliphatic heterocycles. The molecule has 0 amide bonds. The molecule has 0 aromatic heterocycles. The van der Waals surface area contributed by atoms with Crippen LogP contribution in [0.3, 0.4) is 0 Å². The Hall–Kier alpha value is -2.52. The minimum atomic E-state index is -5.08. The first-order valence-corrected chi connectivity index (χ1v) is 5.56. The summed E-state index contributed by atoms with van der Waals surface area (Å²) in [5.41, 5.74) is 1.85. The quantitative estimate of drug-likeness (QED) is 0.646. The van der Waals surface area contributed by atoms with Gasteiger partial charge in [-0.15, -0.1) is 0 Å². The zero-order valence-corrected chi connectivity index (χ0v) is 10.3. The van der Waals surface area contributed by atoms with Gasteiger partial charge in [-0.1, -0.05) is 0 Å². The largest absolute Gasteiger partial charge is 0.624 e. The zero-order valence-electron chi connectivity index (χ0n) is 10.3. The first-order valence-electron chi connectivity index (χ1n) is 5.56. The van der Waals surface area contributed by atoms with Crippen molar-refractivity contribution in [2.75, 3.05) is 0 Å². The van der Waals surface area contributed by atoms with Crippen molar-refractivity contribution in [1.29, 1.82) is 0 Å². The molecule has 0 fully saturated rings. The van der Waals surface area contributed by atoms with Crippen LogP contribution < -0.4 is 15.6 Å². The zero-order chi connectivity index (χ0) is 15.6. The SMILES string of the molecule is O=C(O)C(F)(F)F.[O-][NH+]1C=Cc2c3c(ccc2=C1)=NC=N3. The second-order valence-electron chi connectivity index (χ2n) is 3.99. The monoisotopic (exact) mass is 299 g/mol. The van der Waals surface area contributed by atoms with E-state index >= 15 is 0 Å². The van der Waals surface area contributed by atoms with Crippen LogP contribution >= 0.6 is 0 Å². The maximum absolute atomic E-state index is 11.1. The van der Waals surface area contributed by atoms with E-state index in [0.29, 0.717) is 0 Å². The number of nitrogens with zero attached hydrogens (tertiary/aromatic N) is 2. The van der Waals surface area contributed by atoms with Crippen molar-refractivity contribution < 1.29 is 28.1 Å². The summed E-state index contributed by atoms with van der Waals surface area (Å²) in [4.78, 5) is 17.2. The van der Waals surface area contributed by atoms with E-state index in [9.17, 15) is 18.4 Å². The lowest BCUT2D eigenvalue weighted by molar-refractivity contribution is -0.696. The van der Waals surface area contributed by atoms with Gasteiger partial charge in [0.2, 0.25) is 0 Å². The average Bonchev–Trinajstić information content (AvgIpc) is 2.86. The van der Waals surface area contributed by atoms with Gasteiger partial charge in [-0.3, -0.25) is 0 Å². The third kappa shape index (κ3) is 3.33. The second-order valence-corrected chi connectivity index (χ2v) is 3.99. The Morgan fingerprint density at radius 3 is 2.62 bits per heavy atom. The van der Waals surface area contributed by atoms with Crippen LogP contribution in [0.25, 0.3) is 12.3 Å². The van der Waals surface area contributed by atoms with E-state index in [2.05, 4.69) is 9.98 Å². The van der Waals surface area contributed by atoms with Crippen LogP contribution in [-0.2, 0) is 4.79 Å². The van der Waals surface area contributed by atoms with Gasteiger partial charge in [0.05, 0.1) is 17.2 Å². The molecule has 1 aromatic rings. The summed E-state index contributed by atoms with van der Waals surface area (Å²) in [5.74, 6) is -2.76. The number of hydroxylamine groups is 2. The number of rotatable bonds is 0. The van der Waals surface area contributed by atoms with E-state index in [1.54, 1.807) is 18.5 Å². The number of hydrogen-bond donors (Lipinski definition) is 2. The highest BCUT2D eigenvalue weighted by molar-refractivity contribution is 5.74. The molecule has 1 unspecified atom stereocenters. The fourth-order valence-corrected chi connectivity index (χ4v) is 1.67. The fourth-order valence-electron chi connectivity index (χ4n) is 1.67. The van der Waals surface area contributed by atoms with Crippen LogP contribution in [0.1, 0.15) is 5.56 Å². The lowest BCUT2D eigenvalue weighted by Crippen LogP contribution is -2.97. The van der Waals surface area contributed by atoms with Gasteiger partial charge in [0, 0.05) is 16.9 Å². The molecule has 0 aliphatic carbocycles. The lowest BCUT2D eigenvalue weighted by atomic mass is 10.1. The van der Waals surface area contributed by atoms with Crippen molar-refractivity contribution >= 4 is 30.3 Å². The third-order valence-corrected chi connectivity index (χ3v) is 2.57. The average molecular weight is 299 g/mol. The van der Waals surface area contributed by atoms with Crippen LogP contribution in [0.5, 0.6) is 0 Å². The second kappa shape index (κ2) is 5.46. The molecule has 0 radical (unpaired) electrons.